The van der Waals surface area contributed by atoms with Crippen LogP contribution < -0.4 is 4.90 Å². The van der Waals surface area contributed by atoms with Gasteiger partial charge in [-0.15, -0.1) is 0 Å². The van der Waals surface area contributed by atoms with Crippen LogP contribution in [0.5, 0.6) is 0 Å². The van der Waals surface area contributed by atoms with Gasteiger partial charge in [0.2, 0.25) is 0 Å². The summed E-state index contributed by atoms with van der Waals surface area (Å²) >= 11 is 0. The van der Waals surface area contributed by atoms with E-state index in [0.717, 1.165) is 25.1 Å². The van der Waals surface area contributed by atoms with Crippen LogP contribution in [-0.4, -0.2) is 35.6 Å². The standard InChI is InChI=1S/C12H16N2O2/c1-9-4-5-14(11(9)8-16)12-3-2-10(7-15)6-13-12/h2-3,6-7,9,11,16H,4-5,8H2,1H3. The smallest absolute Gasteiger partial charge is 0.151 e. The summed E-state index contributed by atoms with van der Waals surface area (Å²) in [6, 6.07) is 3.74. The first-order valence-electron chi connectivity index (χ1n) is 5.55. The topological polar surface area (TPSA) is 53.4 Å². The number of hydrogen-bond donors (Lipinski definition) is 1. The van der Waals surface area contributed by atoms with E-state index in [1.807, 2.05) is 6.07 Å². The molecule has 2 rings (SSSR count). The summed E-state index contributed by atoms with van der Waals surface area (Å²) in [4.78, 5) is 16.9. The van der Waals surface area contributed by atoms with Gasteiger partial charge in [0.1, 0.15) is 5.82 Å². The molecule has 0 radical (unpaired) electrons. The van der Waals surface area contributed by atoms with Gasteiger partial charge in [-0.2, -0.15) is 0 Å². The van der Waals surface area contributed by atoms with Crippen LogP contribution in [0.4, 0.5) is 5.82 Å². The molecule has 4 nitrogen and oxygen atoms in total. The van der Waals surface area contributed by atoms with E-state index in [1.54, 1.807) is 12.3 Å². The second-order valence-corrected chi connectivity index (χ2v) is 4.28. The minimum absolute atomic E-state index is 0.148. The molecule has 1 aromatic rings. The molecular weight excluding hydrogens is 204 g/mol. The molecule has 16 heavy (non-hydrogen) atoms. The molecule has 1 aliphatic rings. The molecule has 1 aliphatic heterocycles. The van der Waals surface area contributed by atoms with E-state index in [9.17, 15) is 9.90 Å². The van der Waals surface area contributed by atoms with E-state index in [2.05, 4.69) is 16.8 Å². The van der Waals surface area contributed by atoms with E-state index < -0.39 is 0 Å². The lowest BCUT2D eigenvalue weighted by atomic mass is 10.0. The Balaban J connectivity index is 2.20. The van der Waals surface area contributed by atoms with Crippen molar-refractivity contribution in [3.63, 3.8) is 0 Å². The van der Waals surface area contributed by atoms with Crippen molar-refractivity contribution in [1.82, 2.24) is 4.98 Å². The molecule has 4 heteroatoms. The lowest BCUT2D eigenvalue weighted by Gasteiger charge is -2.26. The molecule has 2 unspecified atom stereocenters. The highest BCUT2D eigenvalue weighted by Crippen LogP contribution is 2.27. The lowest BCUT2D eigenvalue weighted by molar-refractivity contribution is 0.112. The van der Waals surface area contributed by atoms with Crippen LogP contribution in [0.15, 0.2) is 18.3 Å². The van der Waals surface area contributed by atoms with E-state index in [-0.39, 0.29) is 12.6 Å². The second kappa shape index (κ2) is 4.61. The van der Waals surface area contributed by atoms with E-state index >= 15 is 0 Å². The first kappa shape index (κ1) is 11.1. The number of anilines is 1. The van der Waals surface area contributed by atoms with E-state index in [1.165, 1.54) is 0 Å². The Kier molecular flexibility index (Phi) is 3.19. The molecule has 1 N–H and O–H groups in total. The van der Waals surface area contributed by atoms with E-state index in [4.69, 9.17) is 0 Å². The number of carbonyl (C=O) groups excluding carboxylic acids is 1. The Morgan fingerprint density at radius 3 is 3.00 bits per heavy atom. The lowest BCUT2D eigenvalue weighted by Crippen LogP contribution is -2.35. The Morgan fingerprint density at radius 1 is 1.62 bits per heavy atom. The molecule has 0 aliphatic carbocycles. The fourth-order valence-electron chi connectivity index (χ4n) is 2.21. The Hall–Kier alpha value is -1.42. The number of aliphatic hydroxyl groups is 1. The number of carbonyl (C=O) groups is 1. The van der Waals surface area contributed by atoms with Crippen LogP contribution >= 0.6 is 0 Å². The van der Waals surface area contributed by atoms with Crippen molar-refractivity contribution >= 4 is 12.1 Å². The van der Waals surface area contributed by atoms with Gasteiger partial charge >= 0.3 is 0 Å². The van der Waals surface area contributed by atoms with Crippen LogP contribution in [-0.2, 0) is 0 Å². The number of nitrogens with zero attached hydrogens (tertiary/aromatic N) is 2. The van der Waals surface area contributed by atoms with Crippen LogP contribution in [0.1, 0.15) is 23.7 Å². The summed E-state index contributed by atoms with van der Waals surface area (Å²) in [5.41, 5.74) is 0.580. The first-order valence-corrected chi connectivity index (χ1v) is 5.55. The van der Waals surface area contributed by atoms with Crippen LogP contribution in [0.3, 0.4) is 0 Å². The summed E-state index contributed by atoms with van der Waals surface area (Å²) in [6.45, 7) is 3.21. The molecule has 0 spiro atoms. The number of aldehydes is 1. The van der Waals surface area contributed by atoms with Gasteiger partial charge in [-0.3, -0.25) is 4.79 Å². The maximum atomic E-state index is 10.5. The first-order chi connectivity index (χ1) is 7.76. The maximum Gasteiger partial charge on any atom is 0.151 e. The molecule has 1 saturated heterocycles. The highest BCUT2D eigenvalue weighted by Gasteiger charge is 2.31. The van der Waals surface area contributed by atoms with Gasteiger partial charge in [-0.25, -0.2) is 4.98 Å². The number of pyridine rings is 1. The van der Waals surface area contributed by atoms with Crippen molar-refractivity contribution in [2.24, 2.45) is 5.92 Å². The Morgan fingerprint density at radius 2 is 2.44 bits per heavy atom. The molecule has 0 aromatic carbocycles. The zero-order valence-corrected chi connectivity index (χ0v) is 9.34. The van der Waals surface area contributed by atoms with Crippen LogP contribution in [0, 0.1) is 5.92 Å². The fraction of sp³-hybridized carbons (Fsp3) is 0.500. The molecule has 0 bridgehead atoms. The monoisotopic (exact) mass is 220 g/mol. The van der Waals surface area contributed by atoms with Gasteiger partial charge in [-0.05, 0) is 24.5 Å². The van der Waals surface area contributed by atoms with Gasteiger partial charge < -0.3 is 10.0 Å². The minimum atomic E-state index is 0.148. The Bertz CT molecular complexity index is 364. The van der Waals surface area contributed by atoms with Crippen molar-refractivity contribution in [3.8, 4) is 0 Å². The van der Waals surface area contributed by atoms with Gasteiger partial charge in [0.05, 0.1) is 12.6 Å². The van der Waals surface area contributed by atoms with E-state index in [0.29, 0.717) is 11.5 Å². The van der Waals surface area contributed by atoms with Crippen molar-refractivity contribution < 1.29 is 9.90 Å². The summed E-state index contributed by atoms with van der Waals surface area (Å²) in [7, 11) is 0. The molecular formula is C12H16N2O2. The average molecular weight is 220 g/mol. The number of aromatic nitrogens is 1. The zero-order valence-electron chi connectivity index (χ0n) is 9.34. The van der Waals surface area contributed by atoms with Crippen LogP contribution in [0.2, 0.25) is 0 Å². The minimum Gasteiger partial charge on any atom is -0.394 e. The second-order valence-electron chi connectivity index (χ2n) is 4.28. The summed E-state index contributed by atoms with van der Waals surface area (Å²) in [5, 5.41) is 9.34. The normalized spacial score (nSPS) is 24.8. The molecule has 2 atom stereocenters. The summed E-state index contributed by atoms with van der Waals surface area (Å²) in [6.07, 6.45) is 3.43. The molecule has 1 fully saturated rings. The Labute approximate surface area is 94.9 Å². The highest BCUT2D eigenvalue weighted by molar-refractivity contribution is 5.74. The molecule has 0 amide bonds. The van der Waals surface area contributed by atoms with Gasteiger partial charge in [-0.1, -0.05) is 6.92 Å². The third-order valence-electron chi connectivity index (χ3n) is 3.27. The summed E-state index contributed by atoms with van der Waals surface area (Å²) < 4.78 is 0. The zero-order chi connectivity index (χ0) is 11.5. The number of hydrogen-bond acceptors (Lipinski definition) is 4. The average Bonchev–Trinajstić information content (AvgIpc) is 2.70. The molecule has 0 saturated carbocycles. The predicted octanol–water partition coefficient (Wildman–Crippen LogP) is 1.10. The largest absolute Gasteiger partial charge is 0.394 e. The highest BCUT2D eigenvalue weighted by atomic mass is 16.3. The molecule has 2 heterocycles. The van der Waals surface area contributed by atoms with Gasteiger partial charge in [0.25, 0.3) is 0 Å². The molecule has 86 valence electrons. The van der Waals surface area contributed by atoms with Crippen molar-refractivity contribution in [2.45, 2.75) is 19.4 Å². The van der Waals surface area contributed by atoms with Crippen LogP contribution in [0.25, 0.3) is 0 Å². The fourth-order valence-corrected chi connectivity index (χ4v) is 2.21. The third kappa shape index (κ3) is 1.93. The van der Waals surface area contributed by atoms with Crippen molar-refractivity contribution in [1.29, 1.82) is 0 Å². The quantitative estimate of drug-likeness (QED) is 0.775. The third-order valence-corrected chi connectivity index (χ3v) is 3.27. The predicted molar refractivity (Wildman–Crippen MR) is 61.6 cm³/mol. The van der Waals surface area contributed by atoms with Crippen molar-refractivity contribution in [2.75, 3.05) is 18.1 Å². The summed E-state index contributed by atoms with van der Waals surface area (Å²) in [5.74, 6) is 1.33. The van der Waals surface area contributed by atoms with Gasteiger partial charge in [0.15, 0.2) is 6.29 Å². The maximum absolute atomic E-state index is 10.5. The number of rotatable bonds is 3. The van der Waals surface area contributed by atoms with Gasteiger partial charge in [0, 0.05) is 18.3 Å². The van der Waals surface area contributed by atoms with Crippen molar-refractivity contribution in [3.05, 3.63) is 23.9 Å². The molecule has 1 aromatic heterocycles. The number of aliphatic hydroxyl groups excluding tert-OH is 1. The SMILES string of the molecule is CC1CCN(c2ccc(C=O)cn2)C1CO.